The molecule has 0 N–H and O–H groups in total. The number of aromatic nitrogens is 3. The molecule has 0 bridgehead atoms. The largest absolute Gasteiger partial charge is 0.350 e. The highest BCUT2D eigenvalue weighted by Gasteiger charge is 2.12. The van der Waals surface area contributed by atoms with Gasteiger partial charge in [-0.2, -0.15) is 18.2 Å². The Kier molecular flexibility index (Phi) is 4.50. The van der Waals surface area contributed by atoms with Gasteiger partial charge in [0.15, 0.2) is 0 Å². The Hall–Kier alpha value is -1.64. The molecular weight excluding hydrogens is 318 g/mol. The molecule has 114 valence electrons. The summed E-state index contributed by atoms with van der Waals surface area (Å²) in [5, 5.41) is 4.70. The molecule has 0 saturated carbocycles. The molecule has 7 nitrogen and oxygen atoms in total. The number of hydrogen-bond acceptors (Lipinski definition) is 5. The zero-order chi connectivity index (χ0) is 15.6. The van der Waals surface area contributed by atoms with Gasteiger partial charge < -0.3 is 0 Å². The summed E-state index contributed by atoms with van der Waals surface area (Å²) in [5.74, 6) is 0.465. The number of hydrogen-bond donors (Lipinski definition) is 0. The molecule has 1 aromatic carbocycles. The van der Waals surface area contributed by atoms with E-state index in [1.807, 2.05) is 0 Å². The summed E-state index contributed by atoms with van der Waals surface area (Å²) >= 11 is 5.80. The first-order valence-electron chi connectivity index (χ1n) is 6.05. The second-order valence-corrected chi connectivity index (χ2v) is 6.48. The van der Waals surface area contributed by atoms with Gasteiger partial charge >= 0.3 is 5.69 Å². The Morgan fingerprint density at radius 2 is 1.90 bits per heavy atom. The van der Waals surface area contributed by atoms with Crippen molar-refractivity contribution in [2.45, 2.75) is 13.5 Å². The average molecular weight is 332 g/mol. The zero-order valence-corrected chi connectivity index (χ0v) is 13.1. The third-order valence-electron chi connectivity index (χ3n) is 2.73. The number of benzene rings is 1. The molecule has 0 atom stereocenters. The molecule has 2 aromatic rings. The lowest BCUT2D eigenvalue weighted by Gasteiger charge is -2.02. The molecule has 9 heteroatoms. The van der Waals surface area contributed by atoms with Crippen LogP contribution in [0.1, 0.15) is 5.82 Å². The van der Waals surface area contributed by atoms with Crippen LogP contribution in [0, 0.1) is 6.92 Å². The van der Waals surface area contributed by atoms with Crippen molar-refractivity contribution in [3.8, 4) is 5.69 Å². The third kappa shape index (κ3) is 3.93. The van der Waals surface area contributed by atoms with Crippen LogP contribution in [0.2, 0.25) is 5.02 Å². The summed E-state index contributed by atoms with van der Waals surface area (Å²) in [4.78, 5) is 12.3. The van der Waals surface area contributed by atoms with E-state index in [1.165, 1.54) is 9.25 Å². The number of rotatable bonds is 5. The quantitative estimate of drug-likeness (QED) is 0.762. The molecule has 2 rings (SSSR count). The van der Waals surface area contributed by atoms with Crippen LogP contribution in [0.15, 0.2) is 29.1 Å². The minimum atomic E-state index is -3.53. The Morgan fingerprint density at radius 1 is 1.29 bits per heavy atom. The minimum Gasteiger partial charge on any atom is -0.276 e. The molecule has 0 radical (unpaired) electrons. The molecule has 1 heterocycles. The van der Waals surface area contributed by atoms with Gasteiger partial charge in [0.2, 0.25) is 0 Å². The molecule has 0 fully saturated rings. The first-order valence-corrected chi connectivity index (χ1v) is 8.24. The molecular formula is C12H14ClN3O4S. The molecule has 0 unspecified atom stereocenters. The lowest BCUT2D eigenvalue weighted by Crippen LogP contribution is -2.26. The van der Waals surface area contributed by atoms with Gasteiger partial charge in [-0.15, -0.1) is 0 Å². The van der Waals surface area contributed by atoms with E-state index in [0.717, 1.165) is 6.26 Å². The van der Waals surface area contributed by atoms with Crippen LogP contribution in [0.4, 0.5) is 0 Å². The zero-order valence-electron chi connectivity index (χ0n) is 11.5. The Bertz CT molecular complexity index is 793. The first-order chi connectivity index (χ1) is 9.78. The topological polar surface area (TPSA) is 83.2 Å². The molecule has 21 heavy (non-hydrogen) atoms. The second-order valence-electron chi connectivity index (χ2n) is 4.40. The molecule has 0 aliphatic carbocycles. The van der Waals surface area contributed by atoms with Crippen molar-refractivity contribution in [1.29, 1.82) is 0 Å². The lowest BCUT2D eigenvalue weighted by atomic mass is 10.3. The van der Waals surface area contributed by atoms with Gasteiger partial charge in [0, 0.05) is 5.02 Å². The maximum Gasteiger partial charge on any atom is 0.350 e. The molecule has 0 aliphatic heterocycles. The van der Waals surface area contributed by atoms with E-state index < -0.39 is 10.1 Å². The average Bonchev–Trinajstić information content (AvgIpc) is 2.66. The van der Waals surface area contributed by atoms with Crippen LogP contribution in [0.3, 0.4) is 0 Å². The van der Waals surface area contributed by atoms with E-state index in [9.17, 15) is 13.2 Å². The van der Waals surface area contributed by atoms with Gasteiger partial charge in [0.1, 0.15) is 5.82 Å². The first kappa shape index (κ1) is 15.7. The van der Waals surface area contributed by atoms with Crippen LogP contribution < -0.4 is 5.69 Å². The monoisotopic (exact) mass is 331 g/mol. The van der Waals surface area contributed by atoms with Crippen LogP contribution in [-0.2, 0) is 20.8 Å². The van der Waals surface area contributed by atoms with Crippen molar-refractivity contribution in [2.24, 2.45) is 0 Å². The minimum absolute atomic E-state index is 0.103. The van der Waals surface area contributed by atoms with E-state index in [2.05, 4.69) is 9.28 Å². The third-order valence-corrected chi connectivity index (χ3v) is 3.58. The van der Waals surface area contributed by atoms with Crippen molar-refractivity contribution < 1.29 is 12.6 Å². The fraction of sp³-hybridized carbons (Fsp3) is 0.333. The van der Waals surface area contributed by atoms with Gasteiger partial charge in [-0.05, 0) is 31.2 Å². The number of aryl methyl sites for hydroxylation is 1. The summed E-state index contributed by atoms with van der Waals surface area (Å²) in [6.07, 6.45) is 0.958. The lowest BCUT2D eigenvalue weighted by molar-refractivity contribution is 0.300. The highest BCUT2D eigenvalue weighted by molar-refractivity contribution is 7.85. The molecule has 0 saturated heterocycles. The van der Waals surface area contributed by atoms with E-state index in [4.69, 9.17) is 11.6 Å². The maximum atomic E-state index is 12.3. The highest BCUT2D eigenvalue weighted by atomic mass is 35.5. The predicted octanol–water partition coefficient (Wildman–Crippen LogP) is 0.972. The van der Waals surface area contributed by atoms with Crippen LogP contribution in [0.25, 0.3) is 5.69 Å². The summed E-state index contributed by atoms with van der Waals surface area (Å²) < 4.78 is 29.0. The van der Waals surface area contributed by atoms with Crippen molar-refractivity contribution in [2.75, 3.05) is 12.9 Å². The summed E-state index contributed by atoms with van der Waals surface area (Å²) in [6.45, 7) is 1.64. The Morgan fingerprint density at radius 3 is 2.48 bits per heavy atom. The molecule has 0 aliphatic rings. The van der Waals surface area contributed by atoms with E-state index >= 15 is 0 Å². The normalized spacial score (nSPS) is 11.8. The maximum absolute atomic E-state index is 12.3. The number of nitrogens with zero attached hydrogens (tertiary/aromatic N) is 3. The van der Waals surface area contributed by atoms with Crippen molar-refractivity contribution in [3.05, 3.63) is 45.6 Å². The van der Waals surface area contributed by atoms with E-state index in [0.29, 0.717) is 16.5 Å². The number of halogens is 1. The Labute approximate surface area is 126 Å². The summed E-state index contributed by atoms with van der Waals surface area (Å²) in [6, 6.07) is 6.66. The SMILES string of the molecule is Cc1nn(-c2ccc(Cl)cc2)c(=O)n1CCOS(C)(=O)=O. The van der Waals surface area contributed by atoms with Crippen molar-refractivity contribution >= 4 is 21.7 Å². The van der Waals surface area contributed by atoms with Gasteiger partial charge in [0.05, 0.1) is 25.1 Å². The highest BCUT2D eigenvalue weighted by Crippen LogP contribution is 2.11. The standard InChI is InChI=1S/C12H14ClN3O4S/c1-9-14-16(11-5-3-10(13)4-6-11)12(17)15(9)7-8-20-21(2,18)19/h3-6H,7-8H2,1-2H3. The molecule has 0 spiro atoms. The van der Waals surface area contributed by atoms with Crippen LogP contribution in [0.5, 0.6) is 0 Å². The Balaban J connectivity index is 2.25. The van der Waals surface area contributed by atoms with Gasteiger partial charge in [-0.25, -0.2) is 4.79 Å². The summed E-state index contributed by atoms with van der Waals surface area (Å²) in [5.41, 5.74) is 0.210. The van der Waals surface area contributed by atoms with E-state index in [1.54, 1.807) is 31.2 Å². The van der Waals surface area contributed by atoms with Crippen LogP contribution in [-0.4, -0.2) is 35.6 Å². The molecule has 0 amide bonds. The van der Waals surface area contributed by atoms with E-state index in [-0.39, 0.29) is 18.8 Å². The van der Waals surface area contributed by atoms with Crippen molar-refractivity contribution in [1.82, 2.24) is 14.3 Å². The fourth-order valence-corrected chi connectivity index (χ4v) is 2.29. The van der Waals surface area contributed by atoms with Gasteiger partial charge in [0.25, 0.3) is 10.1 Å². The smallest absolute Gasteiger partial charge is 0.276 e. The van der Waals surface area contributed by atoms with Crippen molar-refractivity contribution in [3.63, 3.8) is 0 Å². The summed E-state index contributed by atoms with van der Waals surface area (Å²) in [7, 11) is -3.53. The molecule has 1 aromatic heterocycles. The predicted molar refractivity (Wildman–Crippen MR) is 78.4 cm³/mol. The second kappa shape index (κ2) is 6.00. The van der Waals surface area contributed by atoms with Gasteiger partial charge in [-0.3, -0.25) is 8.75 Å². The van der Waals surface area contributed by atoms with Gasteiger partial charge in [-0.1, -0.05) is 11.6 Å². The van der Waals surface area contributed by atoms with Crippen LogP contribution >= 0.6 is 11.6 Å². The fourth-order valence-electron chi connectivity index (χ4n) is 1.78.